The third-order valence-electron chi connectivity index (χ3n) is 5.53. The van der Waals surface area contributed by atoms with Gasteiger partial charge in [-0.1, -0.05) is 36.4 Å². The van der Waals surface area contributed by atoms with Crippen LogP contribution in [-0.2, 0) is 5.41 Å². The molecule has 5 nitrogen and oxygen atoms in total. The van der Waals surface area contributed by atoms with Crippen LogP contribution in [-0.4, -0.2) is 47.5 Å². The molecule has 0 radical (unpaired) electrons. The molecule has 1 amide bonds. The number of hydrogen-bond acceptors (Lipinski definition) is 5. The molecule has 0 spiro atoms. The molecule has 2 aromatic heterocycles. The molecule has 1 aliphatic rings. The molecule has 0 unspecified atom stereocenters. The summed E-state index contributed by atoms with van der Waals surface area (Å²) in [5, 5.41) is 3.95. The Morgan fingerprint density at radius 2 is 1.86 bits per heavy atom. The maximum atomic E-state index is 12.8. The number of carbonyl (C=O) groups excluding carboxylic acids is 1. The Morgan fingerprint density at radius 1 is 1.11 bits per heavy atom. The number of amides is 1. The van der Waals surface area contributed by atoms with E-state index in [4.69, 9.17) is 0 Å². The smallest absolute Gasteiger partial charge is 0.263 e. The van der Waals surface area contributed by atoms with Gasteiger partial charge >= 0.3 is 0 Å². The van der Waals surface area contributed by atoms with Gasteiger partial charge in [0, 0.05) is 18.2 Å². The summed E-state index contributed by atoms with van der Waals surface area (Å²) in [4.78, 5) is 24.5. The molecular weight excluding hydrogens is 368 g/mol. The van der Waals surface area contributed by atoms with Crippen LogP contribution >= 0.6 is 11.3 Å². The summed E-state index contributed by atoms with van der Waals surface area (Å²) in [6, 6.07) is 16.3. The van der Waals surface area contributed by atoms with Crippen LogP contribution in [0.5, 0.6) is 0 Å². The van der Waals surface area contributed by atoms with E-state index in [0.717, 1.165) is 36.6 Å². The van der Waals surface area contributed by atoms with Crippen molar-refractivity contribution in [2.24, 2.45) is 0 Å². The molecule has 0 atom stereocenters. The van der Waals surface area contributed by atoms with E-state index in [9.17, 15) is 4.79 Å². The second-order valence-corrected chi connectivity index (χ2v) is 8.41. The molecule has 1 aromatic carbocycles. The number of aromatic nitrogens is 2. The molecule has 0 saturated carbocycles. The molecule has 4 rings (SSSR count). The molecule has 0 aliphatic carbocycles. The number of benzene rings is 1. The van der Waals surface area contributed by atoms with Crippen LogP contribution in [0.3, 0.4) is 0 Å². The normalized spacial score (nSPS) is 16.6. The zero-order valence-electron chi connectivity index (χ0n) is 16.0. The molecule has 1 N–H and O–H groups in total. The summed E-state index contributed by atoms with van der Waals surface area (Å²) in [5.41, 5.74) is 2.09. The fraction of sp³-hybridized carbons (Fsp3) is 0.318. The zero-order valence-corrected chi connectivity index (χ0v) is 16.8. The number of nitrogens with one attached hydrogen (secondary N) is 1. The lowest BCUT2D eigenvalue weighted by atomic mass is 9.72. The number of hydrogen-bond donors (Lipinski definition) is 1. The van der Waals surface area contributed by atoms with Crippen LogP contribution in [0.2, 0.25) is 0 Å². The number of nitrogens with zero attached hydrogens (tertiary/aromatic N) is 3. The van der Waals surface area contributed by atoms with Crippen molar-refractivity contribution in [2.45, 2.75) is 18.3 Å². The Balaban J connectivity index is 1.49. The van der Waals surface area contributed by atoms with E-state index in [2.05, 4.69) is 51.5 Å². The summed E-state index contributed by atoms with van der Waals surface area (Å²) in [7, 11) is 2.16. The van der Waals surface area contributed by atoms with Gasteiger partial charge in [-0.15, -0.1) is 11.3 Å². The number of pyridine rings is 1. The minimum atomic E-state index is -0.0612. The van der Waals surface area contributed by atoms with Crippen molar-refractivity contribution in [1.29, 1.82) is 0 Å². The van der Waals surface area contributed by atoms with Gasteiger partial charge in [0.05, 0.1) is 11.9 Å². The van der Waals surface area contributed by atoms with Gasteiger partial charge in [-0.2, -0.15) is 0 Å². The molecule has 1 fully saturated rings. The van der Waals surface area contributed by atoms with Gasteiger partial charge in [0.15, 0.2) is 0 Å². The third-order valence-corrected chi connectivity index (χ3v) is 6.55. The second kappa shape index (κ2) is 8.20. The van der Waals surface area contributed by atoms with Gasteiger partial charge in [0.2, 0.25) is 0 Å². The standard InChI is InChI=1S/C22H24N4OS/c1-26-13-10-22(11-14-26,17-7-3-2-4-8-17)16-25-20(27)19-15-24-21(28-19)18-9-5-6-12-23-18/h2-9,12,15H,10-11,13-14,16H2,1H3,(H,25,27). The van der Waals surface area contributed by atoms with Crippen molar-refractivity contribution in [3.05, 3.63) is 71.4 Å². The summed E-state index contributed by atoms with van der Waals surface area (Å²) >= 11 is 1.38. The highest BCUT2D eigenvalue weighted by Gasteiger charge is 2.35. The van der Waals surface area contributed by atoms with Gasteiger partial charge in [-0.25, -0.2) is 4.98 Å². The van der Waals surface area contributed by atoms with E-state index in [1.54, 1.807) is 12.4 Å². The van der Waals surface area contributed by atoms with Crippen LogP contribution < -0.4 is 5.32 Å². The Labute approximate surface area is 169 Å². The van der Waals surface area contributed by atoms with Crippen LogP contribution in [0.1, 0.15) is 28.1 Å². The van der Waals surface area contributed by atoms with Gasteiger partial charge in [0.25, 0.3) is 5.91 Å². The summed E-state index contributed by atoms with van der Waals surface area (Å²) in [6.07, 6.45) is 5.46. The first-order valence-corrected chi connectivity index (χ1v) is 10.4. The van der Waals surface area contributed by atoms with Crippen LogP contribution in [0, 0.1) is 0 Å². The second-order valence-electron chi connectivity index (χ2n) is 7.38. The highest BCUT2D eigenvalue weighted by Crippen LogP contribution is 2.35. The number of thiazole rings is 1. The largest absolute Gasteiger partial charge is 0.350 e. The average Bonchev–Trinajstić information content (AvgIpc) is 3.25. The van der Waals surface area contributed by atoms with E-state index in [1.165, 1.54) is 16.9 Å². The first-order valence-electron chi connectivity index (χ1n) is 9.56. The molecule has 1 saturated heterocycles. The van der Waals surface area contributed by atoms with Crippen molar-refractivity contribution in [2.75, 3.05) is 26.7 Å². The molecule has 0 bridgehead atoms. The van der Waals surface area contributed by atoms with Gasteiger partial charge in [-0.3, -0.25) is 9.78 Å². The number of carbonyl (C=O) groups is 1. The van der Waals surface area contributed by atoms with Crippen LogP contribution in [0.15, 0.2) is 60.9 Å². The fourth-order valence-corrected chi connectivity index (χ4v) is 4.54. The maximum absolute atomic E-state index is 12.8. The van der Waals surface area contributed by atoms with Gasteiger partial charge < -0.3 is 10.2 Å². The first kappa shape index (κ1) is 18.8. The quantitative estimate of drug-likeness (QED) is 0.721. The molecule has 6 heteroatoms. The molecular formula is C22H24N4OS. The molecule has 28 heavy (non-hydrogen) atoms. The van der Waals surface area contributed by atoms with Crippen molar-refractivity contribution < 1.29 is 4.79 Å². The topological polar surface area (TPSA) is 58.1 Å². The van der Waals surface area contributed by atoms with Crippen LogP contribution in [0.25, 0.3) is 10.7 Å². The summed E-state index contributed by atoms with van der Waals surface area (Å²) < 4.78 is 0. The van der Waals surface area contributed by atoms with Crippen molar-refractivity contribution in [1.82, 2.24) is 20.2 Å². The van der Waals surface area contributed by atoms with Crippen molar-refractivity contribution in [3.8, 4) is 10.7 Å². The monoisotopic (exact) mass is 392 g/mol. The number of likely N-dealkylation sites (tertiary alicyclic amines) is 1. The van der Waals surface area contributed by atoms with E-state index in [-0.39, 0.29) is 11.3 Å². The predicted molar refractivity (Wildman–Crippen MR) is 113 cm³/mol. The van der Waals surface area contributed by atoms with Crippen molar-refractivity contribution in [3.63, 3.8) is 0 Å². The SMILES string of the molecule is CN1CCC(CNC(=O)c2cnc(-c3ccccn3)s2)(c2ccccc2)CC1. The molecule has 3 heterocycles. The molecule has 144 valence electrons. The fourth-order valence-electron chi connectivity index (χ4n) is 3.73. The zero-order chi connectivity index (χ0) is 19.4. The van der Waals surface area contributed by atoms with E-state index in [1.807, 2.05) is 24.3 Å². The Bertz CT molecular complexity index is 918. The molecule has 1 aliphatic heterocycles. The lowest BCUT2D eigenvalue weighted by molar-refractivity contribution is 0.0931. The minimum absolute atomic E-state index is 0.0159. The number of rotatable bonds is 5. The third kappa shape index (κ3) is 3.98. The first-order chi connectivity index (χ1) is 13.7. The molecule has 3 aromatic rings. The van der Waals surface area contributed by atoms with E-state index >= 15 is 0 Å². The van der Waals surface area contributed by atoms with Gasteiger partial charge in [0.1, 0.15) is 9.88 Å². The summed E-state index contributed by atoms with van der Waals surface area (Å²) in [5.74, 6) is -0.0612. The maximum Gasteiger partial charge on any atom is 0.263 e. The van der Waals surface area contributed by atoms with Gasteiger partial charge in [-0.05, 0) is 50.7 Å². The summed E-state index contributed by atoms with van der Waals surface area (Å²) in [6.45, 7) is 2.71. The Morgan fingerprint density at radius 3 is 2.57 bits per heavy atom. The predicted octanol–water partition coefficient (Wildman–Crippen LogP) is 3.60. The lowest BCUT2D eigenvalue weighted by Crippen LogP contribution is -2.48. The highest BCUT2D eigenvalue weighted by atomic mass is 32.1. The van der Waals surface area contributed by atoms with Crippen molar-refractivity contribution >= 4 is 17.2 Å². The van der Waals surface area contributed by atoms with E-state index < -0.39 is 0 Å². The average molecular weight is 393 g/mol. The Kier molecular flexibility index (Phi) is 5.50. The van der Waals surface area contributed by atoms with Crippen LogP contribution in [0.4, 0.5) is 0 Å². The number of piperidine rings is 1. The Hall–Kier alpha value is -2.57. The highest BCUT2D eigenvalue weighted by molar-refractivity contribution is 7.16. The minimum Gasteiger partial charge on any atom is -0.350 e. The lowest BCUT2D eigenvalue weighted by Gasteiger charge is -2.41. The van der Waals surface area contributed by atoms with E-state index in [0.29, 0.717) is 11.4 Å².